The molecule has 0 aliphatic carbocycles. The highest BCUT2D eigenvalue weighted by Crippen LogP contribution is 2.08. The van der Waals surface area contributed by atoms with Gasteiger partial charge in [0.25, 0.3) is 0 Å². The van der Waals surface area contributed by atoms with Gasteiger partial charge in [-0.05, 0) is 27.2 Å². The fraction of sp³-hybridized carbons (Fsp3) is 0.467. The van der Waals surface area contributed by atoms with Crippen LogP contribution >= 0.6 is 0 Å². The Balaban J connectivity index is 2.20. The van der Waals surface area contributed by atoms with E-state index in [1.165, 1.54) is 0 Å². The predicted molar refractivity (Wildman–Crippen MR) is 78.7 cm³/mol. The first-order chi connectivity index (χ1) is 9.06. The van der Waals surface area contributed by atoms with Crippen molar-refractivity contribution in [2.45, 2.75) is 32.8 Å². The van der Waals surface area contributed by atoms with Gasteiger partial charge in [-0.1, -0.05) is 30.3 Å². The van der Waals surface area contributed by atoms with Crippen molar-refractivity contribution in [3.05, 3.63) is 35.9 Å². The second-order valence-corrected chi connectivity index (χ2v) is 5.50. The summed E-state index contributed by atoms with van der Waals surface area (Å²) < 4.78 is 0. The molecule has 1 aromatic rings. The number of benzene rings is 1. The Labute approximate surface area is 114 Å². The van der Waals surface area contributed by atoms with E-state index in [0.717, 1.165) is 36.6 Å². The van der Waals surface area contributed by atoms with E-state index in [-0.39, 0.29) is 5.60 Å². The topological polar surface area (TPSA) is 46.0 Å². The smallest absolute Gasteiger partial charge is 0.171 e. The van der Waals surface area contributed by atoms with Crippen molar-refractivity contribution in [1.29, 1.82) is 0 Å². The number of hydrogen-bond acceptors (Lipinski definition) is 4. The first-order valence-corrected chi connectivity index (χ1v) is 6.65. The molecule has 19 heavy (non-hydrogen) atoms. The molecule has 0 saturated heterocycles. The number of hydroxylamine groups is 1. The molecule has 4 heteroatoms. The van der Waals surface area contributed by atoms with Crippen molar-refractivity contribution in [3.8, 4) is 0 Å². The van der Waals surface area contributed by atoms with Gasteiger partial charge in [0.2, 0.25) is 0 Å². The molecule has 0 amide bonds. The molecule has 0 unspecified atom stereocenters. The zero-order valence-electron chi connectivity index (χ0n) is 11.8. The summed E-state index contributed by atoms with van der Waals surface area (Å²) in [6, 6.07) is 10.1. The van der Waals surface area contributed by atoms with Crippen LogP contribution < -0.4 is 5.48 Å². The molecular weight excluding hydrogens is 238 g/mol. The summed E-state index contributed by atoms with van der Waals surface area (Å²) >= 11 is 0. The number of nitrogens with zero attached hydrogens (tertiary/aromatic N) is 2. The van der Waals surface area contributed by atoms with Gasteiger partial charge in [0.15, 0.2) is 5.84 Å². The average molecular weight is 259 g/mol. The molecule has 0 spiro atoms. The van der Waals surface area contributed by atoms with Crippen LogP contribution in [0, 0.1) is 0 Å². The number of nitrogens with one attached hydrogen (secondary N) is 1. The predicted octanol–water partition coefficient (Wildman–Crippen LogP) is 2.60. The third-order valence-corrected chi connectivity index (χ3v) is 2.58. The zero-order valence-corrected chi connectivity index (χ0v) is 11.8. The molecule has 0 bridgehead atoms. The highest BCUT2D eigenvalue weighted by atomic mass is 16.7. The molecule has 4 nitrogen and oxygen atoms in total. The van der Waals surface area contributed by atoms with E-state index in [1.54, 1.807) is 0 Å². The maximum Gasteiger partial charge on any atom is 0.171 e. The molecule has 1 heterocycles. The van der Waals surface area contributed by atoms with Crippen LogP contribution in [0.5, 0.6) is 0 Å². The molecule has 0 saturated carbocycles. The lowest BCUT2D eigenvalue weighted by Crippen LogP contribution is -2.38. The van der Waals surface area contributed by atoms with Gasteiger partial charge in [0.05, 0.1) is 5.60 Å². The van der Waals surface area contributed by atoms with Gasteiger partial charge >= 0.3 is 0 Å². The Kier molecular flexibility index (Phi) is 4.32. The quantitative estimate of drug-likeness (QED) is 0.830. The van der Waals surface area contributed by atoms with Crippen LogP contribution in [-0.2, 0) is 4.84 Å². The van der Waals surface area contributed by atoms with Crippen LogP contribution in [0.15, 0.2) is 40.3 Å². The van der Waals surface area contributed by atoms with Crippen molar-refractivity contribution in [2.75, 3.05) is 13.1 Å². The summed E-state index contributed by atoms with van der Waals surface area (Å²) in [6.07, 6.45) is 0.969. The fourth-order valence-electron chi connectivity index (χ4n) is 1.71. The number of rotatable bonds is 2. The van der Waals surface area contributed by atoms with Crippen LogP contribution in [0.1, 0.15) is 32.8 Å². The van der Waals surface area contributed by atoms with Gasteiger partial charge in [-0.2, -0.15) is 0 Å². The van der Waals surface area contributed by atoms with E-state index in [9.17, 15) is 0 Å². The minimum Gasteiger partial charge on any atom is -0.281 e. The standard InChI is InChI=1S/C15H21N3O/c1-15(2,3)19-18-14-13(16-10-7-11-17-14)12-8-5-4-6-9-12/h4-6,8-9H,7,10-11H2,1-3H3,(H,17,18). The molecule has 0 atom stereocenters. The maximum absolute atomic E-state index is 5.61. The second-order valence-electron chi connectivity index (χ2n) is 5.50. The molecule has 0 fully saturated rings. The first kappa shape index (κ1) is 13.7. The lowest BCUT2D eigenvalue weighted by atomic mass is 10.1. The Bertz CT molecular complexity index is 472. The van der Waals surface area contributed by atoms with Crippen LogP contribution in [0.2, 0.25) is 0 Å². The third-order valence-electron chi connectivity index (χ3n) is 2.58. The normalized spacial score (nSPS) is 16.4. The van der Waals surface area contributed by atoms with Gasteiger partial charge in [0.1, 0.15) is 5.71 Å². The molecule has 1 aromatic carbocycles. The summed E-state index contributed by atoms with van der Waals surface area (Å²) in [4.78, 5) is 14.8. The van der Waals surface area contributed by atoms with Gasteiger partial charge in [-0.25, -0.2) is 5.48 Å². The summed E-state index contributed by atoms with van der Waals surface area (Å²) in [7, 11) is 0. The lowest BCUT2D eigenvalue weighted by molar-refractivity contribution is -0.0415. The van der Waals surface area contributed by atoms with E-state index in [2.05, 4.69) is 15.5 Å². The van der Waals surface area contributed by atoms with E-state index in [1.807, 2.05) is 51.1 Å². The second kappa shape index (κ2) is 5.97. The molecule has 2 rings (SSSR count). The van der Waals surface area contributed by atoms with Gasteiger partial charge in [-0.15, -0.1) is 0 Å². The summed E-state index contributed by atoms with van der Waals surface area (Å²) in [5.74, 6) is 0.721. The van der Waals surface area contributed by atoms with Crippen LogP contribution in [0.3, 0.4) is 0 Å². The highest BCUT2D eigenvalue weighted by molar-refractivity contribution is 6.47. The van der Waals surface area contributed by atoms with Crippen molar-refractivity contribution in [1.82, 2.24) is 5.48 Å². The van der Waals surface area contributed by atoms with Crippen LogP contribution in [-0.4, -0.2) is 30.2 Å². The number of aliphatic imine (C=N–C) groups is 2. The van der Waals surface area contributed by atoms with Gasteiger partial charge in [0, 0.05) is 18.7 Å². The van der Waals surface area contributed by atoms with Crippen molar-refractivity contribution in [3.63, 3.8) is 0 Å². The molecule has 102 valence electrons. The maximum atomic E-state index is 5.61. The van der Waals surface area contributed by atoms with Crippen LogP contribution in [0.4, 0.5) is 0 Å². The van der Waals surface area contributed by atoms with E-state index >= 15 is 0 Å². The monoisotopic (exact) mass is 259 g/mol. The van der Waals surface area contributed by atoms with Gasteiger partial charge < -0.3 is 0 Å². The van der Waals surface area contributed by atoms with Gasteiger partial charge in [-0.3, -0.25) is 14.8 Å². The van der Waals surface area contributed by atoms with E-state index in [0.29, 0.717) is 0 Å². The molecule has 1 aliphatic rings. The molecule has 1 aliphatic heterocycles. The average Bonchev–Trinajstić information content (AvgIpc) is 2.62. The van der Waals surface area contributed by atoms with Crippen LogP contribution in [0.25, 0.3) is 0 Å². The van der Waals surface area contributed by atoms with Crippen molar-refractivity contribution >= 4 is 11.5 Å². The SMILES string of the molecule is CC(C)(C)ONC1=NCCCN=C1c1ccccc1. The summed E-state index contributed by atoms with van der Waals surface area (Å²) in [5, 5.41) is 0. The Morgan fingerprint density at radius 2 is 1.74 bits per heavy atom. The largest absolute Gasteiger partial charge is 0.281 e. The molecular formula is C15H21N3O. The minimum absolute atomic E-state index is 0.267. The third kappa shape index (κ3) is 4.17. The first-order valence-electron chi connectivity index (χ1n) is 6.65. The zero-order chi connectivity index (χ0) is 13.7. The number of hydrogen-bond donors (Lipinski definition) is 1. The summed E-state index contributed by atoms with van der Waals surface area (Å²) in [5.41, 5.74) is 4.64. The molecule has 0 radical (unpaired) electrons. The number of amidine groups is 1. The molecule has 1 N–H and O–H groups in total. The van der Waals surface area contributed by atoms with Crippen molar-refractivity contribution < 1.29 is 4.84 Å². The molecule has 0 aromatic heterocycles. The Morgan fingerprint density at radius 3 is 2.42 bits per heavy atom. The lowest BCUT2D eigenvalue weighted by Gasteiger charge is -2.21. The van der Waals surface area contributed by atoms with E-state index < -0.39 is 0 Å². The van der Waals surface area contributed by atoms with E-state index in [4.69, 9.17) is 4.84 Å². The summed E-state index contributed by atoms with van der Waals surface area (Å²) in [6.45, 7) is 7.56. The Hall–Kier alpha value is -1.68. The Morgan fingerprint density at radius 1 is 1.05 bits per heavy atom. The highest BCUT2D eigenvalue weighted by Gasteiger charge is 2.17. The fourth-order valence-corrected chi connectivity index (χ4v) is 1.71. The van der Waals surface area contributed by atoms with Crippen molar-refractivity contribution in [2.24, 2.45) is 9.98 Å². The minimum atomic E-state index is -0.267.